The zero-order valence-corrected chi connectivity index (χ0v) is 11.9. The van der Waals surface area contributed by atoms with Gasteiger partial charge in [-0.1, -0.05) is 6.42 Å². The Kier molecular flexibility index (Phi) is 4.02. The minimum absolute atomic E-state index is 0.651. The van der Waals surface area contributed by atoms with Crippen LogP contribution >= 0.6 is 0 Å². The first-order chi connectivity index (χ1) is 9.83. The maximum atomic E-state index is 5.29. The van der Waals surface area contributed by atoms with Gasteiger partial charge in [-0.25, -0.2) is 4.98 Å². The second kappa shape index (κ2) is 6.09. The van der Waals surface area contributed by atoms with Crippen LogP contribution in [0.4, 0.5) is 5.69 Å². The quantitative estimate of drug-likeness (QED) is 0.927. The van der Waals surface area contributed by atoms with Crippen molar-refractivity contribution in [2.45, 2.75) is 25.3 Å². The highest BCUT2D eigenvalue weighted by Crippen LogP contribution is 2.21. The van der Waals surface area contributed by atoms with Crippen molar-refractivity contribution in [3.8, 4) is 11.3 Å². The van der Waals surface area contributed by atoms with Gasteiger partial charge in [0.2, 0.25) is 0 Å². The minimum Gasteiger partial charge on any atom is -0.444 e. The van der Waals surface area contributed by atoms with Gasteiger partial charge < -0.3 is 14.6 Å². The van der Waals surface area contributed by atoms with Crippen LogP contribution in [0.5, 0.6) is 0 Å². The lowest BCUT2D eigenvalue weighted by atomic mass is 10.0. The van der Waals surface area contributed by atoms with Crippen LogP contribution in [0.1, 0.15) is 19.3 Å². The second-order valence-corrected chi connectivity index (χ2v) is 5.45. The van der Waals surface area contributed by atoms with E-state index in [2.05, 4.69) is 46.5 Å². The summed E-state index contributed by atoms with van der Waals surface area (Å²) in [5.41, 5.74) is 2.22. The fourth-order valence-electron chi connectivity index (χ4n) is 2.75. The summed E-state index contributed by atoms with van der Waals surface area (Å²) in [7, 11) is 2.22. The maximum Gasteiger partial charge on any atom is 0.181 e. The number of nitrogens with zero attached hydrogens (tertiary/aromatic N) is 2. The molecule has 0 saturated carbocycles. The number of hydrogen-bond donors (Lipinski definition) is 1. The van der Waals surface area contributed by atoms with Gasteiger partial charge in [-0.3, -0.25) is 0 Å². The summed E-state index contributed by atoms with van der Waals surface area (Å²) >= 11 is 0. The van der Waals surface area contributed by atoms with Crippen molar-refractivity contribution < 1.29 is 4.42 Å². The van der Waals surface area contributed by atoms with Crippen molar-refractivity contribution >= 4 is 5.69 Å². The molecule has 4 heteroatoms. The molecule has 0 bridgehead atoms. The molecular formula is C16H21N3O. The third-order valence-electron chi connectivity index (χ3n) is 4.07. The van der Waals surface area contributed by atoms with E-state index in [-0.39, 0.29) is 0 Å². The van der Waals surface area contributed by atoms with E-state index in [1.165, 1.54) is 32.2 Å². The Morgan fingerprint density at radius 2 is 2.15 bits per heavy atom. The van der Waals surface area contributed by atoms with Crippen LogP contribution in [0.2, 0.25) is 0 Å². The van der Waals surface area contributed by atoms with Gasteiger partial charge in [0.25, 0.3) is 0 Å². The molecular weight excluding hydrogens is 250 g/mol. The van der Waals surface area contributed by atoms with Crippen molar-refractivity contribution in [2.75, 3.05) is 25.5 Å². The maximum absolute atomic E-state index is 5.29. The molecule has 1 aliphatic rings. The fourth-order valence-corrected chi connectivity index (χ4v) is 2.75. The number of piperidine rings is 1. The van der Waals surface area contributed by atoms with Crippen molar-refractivity contribution in [1.82, 2.24) is 9.88 Å². The number of anilines is 1. The molecule has 2 aromatic rings. The lowest BCUT2D eigenvalue weighted by Crippen LogP contribution is -2.40. The number of benzene rings is 1. The van der Waals surface area contributed by atoms with E-state index in [9.17, 15) is 0 Å². The standard InChI is InChI=1S/C16H21N3O/c1-19-9-3-2-4-15(19)10-18-14-7-5-13(6-8-14)16-11-17-12-20-16/h5-8,11-12,15,18H,2-4,9-10H2,1H3. The monoisotopic (exact) mass is 271 g/mol. The topological polar surface area (TPSA) is 41.3 Å². The Morgan fingerprint density at radius 1 is 1.30 bits per heavy atom. The van der Waals surface area contributed by atoms with Crippen LogP contribution in [0.25, 0.3) is 11.3 Å². The largest absolute Gasteiger partial charge is 0.444 e. The number of aromatic nitrogens is 1. The Balaban J connectivity index is 1.58. The summed E-state index contributed by atoms with van der Waals surface area (Å²) in [4.78, 5) is 6.40. The molecule has 1 saturated heterocycles. The molecule has 1 N–H and O–H groups in total. The molecule has 0 radical (unpaired) electrons. The molecule has 106 valence electrons. The molecule has 1 aliphatic heterocycles. The Morgan fingerprint density at radius 3 is 2.85 bits per heavy atom. The number of rotatable bonds is 4. The van der Waals surface area contributed by atoms with Gasteiger partial charge in [0.1, 0.15) is 0 Å². The second-order valence-electron chi connectivity index (χ2n) is 5.45. The smallest absolute Gasteiger partial charge is 0.181 e. The highest BCUT2D eigenvalue weighted by atomic mass is 16.3. The molecule has 4 nitrogen and oxygen atoms in total. The average Bonchev–Trinajstić information content (AvgIpc) is 3.01. The third-order valence-corrected chi connectivity index (χ3v) is 4.07. The molecule has 1 aromatic heterocycles. The first kappa shape index (κ1) is 13.2. The number of oxazole rings is 1. The molecule has 20 heavy (non-hydrogen) atoms. The zero-order valence-electron chi connectivity index (χ0n) is 11.9. The third kappa shape index (κ3) is 3.02. The van der Waals surface area contributed by atoms with Crippen molar-refractivity contribution in [2.24, 2.45) is 0 Å². The SMILES string of the molecule is CN1CCCCC1CNc1ccc(-c2cnco2)cc1. The number of likely N-dealkylation sites (N-methyl/N-ethyl adjacent to an activating group) is 1. The summed E-state index contributed by atoms with van der Waals surface area (Å²) in [5.74, 6) is 0.809. The van der Waals surface area contributed by atoms with Crippen LogP contribution in [0.15, 0.2) is 41.3 Å². The van der Waals surface area contributed by atoms with E-state index in [4.69, 9.17) is 4.42 Å². The summed E-state index contributed by atoms with van der Waals surface area (Å²) in [6, 6.07) is 8.97. The molecule has 0 amide bonds. The van der Waals surface area contributed by atoms with Crippen LogP contribution in [-0.4, -0.2) is 36.1 Å². The predicted molar refractivity (Wildman–Crippen MR) is 80.7 cm³/mol. The first-order valence-electron chi connectivity index (χ1n) is 7.26. The van der Waals surface area contributed by atoms with E-state index in [1.54, 1.807) is 6.20 Å². The summed E-state index contributed by atoms with van der Waals surface area (Å²) in [5, 5.41) is 3.53. The van der Waals surface area contributed by atoms with E-state index >= 15 is 0 Å². The van der Waals surface area contributed by atoms with Gasteiger partial charge in [0.05, 0.1) is 6.20 Å². The van der Waals surface area contributed by atoms with Gasteiger partial charge in [-0.15, -0.1) is 0 Å². The average molecular weight is 271 g/mol. The summed E-state index contributed by atoms with van der Waals surface area (Å²) < 4.78 is 5.29. The van der Waals surface area contributed by atoms with Crippen LogP contribution in [0, 0.1) is 0 Å². The Hall–Kier alpha value is -1.81. The molecule has 1 unspecified atom stereocenters. The Labute approximate surface area is 119 Å². The van der Waals surface area contributed by atoms with Crippen LogP contribution < -0.4 is 5.32 Å². The van der Waals surface area contributed by atoms with Gasteiger partial charge in [0, 0.05) is 23.8 Å². The molecule has 2 heterocycles. The first-order valence-corrected chi connectivity index (χ1v) is 7.26. The zero-order chi connectivity index (χ0) is 13.8. The van der Waals surface area contributed by atoms with Crippen molar-refractivity contribution in [1.29, 1.82) is 0 Å². The van der Waals surface area contributed by atoms with Crippen LogP contribution in [0.3, 0.4) is 0 Å². The van der Waals surface area contributed by atoms with E-state index in [0.717, 1.165) is 23.6 Å². The van der Waals surface area contributed by atoms with Gasteiger partial charge in [0.15, 0.2) is 12.2 Å². The number of hydrogen-bond acceptors (Lipinski definition) is 4. The molecule has 0 aliphatic carbocycles. The van der Waals surface area contributed by atoms with Crippen LogP contribution in [-0.2, 0) is 0 Å². The van der Waals surface area contributed by atoms with Crippen molar-refractivity contribution in [3.05, 3.63) is 36.9 Å². The molecule has 0 spiro atoms. The van der Waals surface area contributed by atoms with E-state index < -0.39 is 0 Å². The highest BCUT2D eigenvalue weighted by Gasteiger charge is 2.18. The van der Waals surface area contributed by atoms with E-state index in [1.807, 2.05) is 0 Å². The molecule has 3 rings (SSSR count). The predicted octanol–water partition coefficient (Wildman–Crippen LogP) is 3.24. The lowest BCUT2D eigenvalue weighted by Gasteiger charge is -2.32. The van der Waals surface area contributed by atoms with Gasteiger partial charge in [-0.2, -0.15) is 0 Å². The molecule has 1 aromatic carbocycles. The van der Waals surface area contributed by atoms with E-state index in [0.29, 0.717) is 6.04 Å². The fraction of sp³-hybridized carbons (Fsp3) is 0.438. The molecule has 1 atom stereocenters. The normalized spacial score (nSPS) is 19.9. The number of likely N-dealkylation sites (tertiary alicyclic amines) is 1. The van der Waals surface area contributed by atoms with Crippen molar-refractivity contribution in [3.63, 3.8) is 0 Å². The molecule has 1 fully saturated rings. The van der Waals surface area contributed by atoms with Gasteiger partial charge in [-0.05, 0) is 50.7 Å². The minimum atomic E-state index is 0.651. The summed E-state index contributed by atoms with van der Waals surface area (Å²) in [6.07, 6.45) is 7.17. The Bertz CT molecular complexity index is 521. The lowest BCUT2D eigenvalue weighted by molar-refractivity contribution is 0.194. The van der Waals surface area contributed by atoms with Gasteiger partial charge >= 0.3 is 0 Å². The number of nitrogens with one attached hydrogen (secondary N) is 1. The summed E-state index contributed by atoms with van der Waals surface area (Å²) in [6.45, 7) is 2.23. The highest BCUT2D eigenvalue weighted by molar-refractivity contribution is 5.60.